The molecule has 2 heterocycles. The SMILES string of the molecule is COc1ccc(C)cc1NC(=O)CN1C(=O)COc2ccc(N)nc21. The first-order valence-corrected chi connectivity index (χ1v) is 7.62. The Kier molecular flexibility index (Phi) is 4.42. The van der Waals surface area contributed by atoms with E-state index in [0.29, 0.717) is 17.2 Å². The van der Waals surface area contributed by atoms with Crippen molar-refractivity contribution >= 4 is 29.1 Å². The minimum absolute atomic E-state index is 0.153. The molecule has 8 heteroatoms. The van der Waals surface area contributed by atoms with Gasteiger partial charge in [0.05, 0.1) is 12.8 Å². The summed E-state index contributed by atoms with van der Waals surface area (Å²) < 4.78 is 10.6. The highest BCUT2D eigenvalue weighted by molar-refractivity contribution is 6.04. The van der Waals surface area contributed by atoms with E-state index in [1.54, 1.807) is 24.3 Å². The van der Waals surface area contributed by atoms with E-state index in [0.717, 1.165) is 5.56 Å². The molecule has 1 aromatic heterocycles. The Morgan fingerprint density at radius 3 is 2.96 bits per heavy atom. The zero-order valence-electron chi connectivity index (χ0n) is 13.9. The molecule has 3 rings (SSSR count). The van der Waals surface area contributed by atoms with Crippen LogP contribution in [0, 0.1) is 6.92 Å². The summed E-state index contributed by atoms with van der Waals surface area (Å²) in [6.45, 7) is 1.55. The fraction of sp³-hybridized carbons (Fsp3) is 0.235. The number of aromatic nitrogens is 1. The number of rotatable bonds is 4. The van der Waals surface area contributed by atoms with Crippen molar-refractivity contribution in [3.05, 3.63) is 35.9 Å². The maximum atomic E-state index is 12.4. The molecule has 1 aliphatic rings. The first kappa shape index (κ1) is 16.6. The molecule has 0 spiro atoms. The molecule has 0 atom stereocenters. The maximum Gasteiger partial charge on any atom is 0.266 e. The number of nitrogens with zero attached hydrogens (tertiary/aromatic N) is 2. The molecule has 2 aromatic rings. The lowest BCUT2D eigenvalue weighted by molar-refractivity contribution is -0.123. The van der Waals surface area contributed by atoms with Crippen LogP contribution in [0.5, 0.6) is 11.5 Å². The number of pyridine rings is 1. The standard InChI is InChI=1S/C17H18N4O4/c1-10-3-4-12(24-2)11(7-10)19-15(22)8-21-16(23)9-25-13-5-6-14(18)20-17(13)21/h3-7H,8-9H2,1-2H3,(H2,18,20)(H,19,22). The Hall–Kier alpha value is -3.29. The Morgan fingerprint density at radius 1 is 1.40 bits per heavy atom. The monoisotopic (exact) mass is 342 g/mol. The van der Waals surface area contributed by atoms with Gasteiger partial charge < -0.3 is 20.5 Å². The van der Waals surface area contributed by atoms with E-state index >= 15 is 0 Å². The minimum atomic E-state index is -0.380. The van der Waals surface area contributed by atoms with Crippen LogP contribution in [-0.2, 0) is 9.59 Å². The van der Waals surface area contributed by atoms with Gasteiger partial charge in [0.25, 0.3) is 5.91 Å². The van der Waals surface area contributed by atoms with E-state index < -0.39 is 0 Å². The second-order valence-electron chi connectivity index (χ2n) is 5.58. The number of ether oxygens (including phenoxy) is 2. The number of hydrogen-bond acceptors (Lipinski definition) is 6. The van der Waals surface area contributed by atoms with Crippen LogP contribution in [0.3, 0.4) is 0 Å². The van der Waals surface area contributed by atoms with Crippen molar-refractivity contribution in [3.63, 3.8) is 0 Å². The van der Waals surface area contributed by atoms with Crippen LogP contribution in [0.15, 0.2) is 30.3 Å². The van der Waals surface area contributed by atoms with Crippen molar-refractivity contribution in [3.8, 4) is 11.5 Å². The third-order valence-electron chi connectivity index (χ3n) is 3.70. The summed E-state index contributed by atoms with van der Waals surface area (Å²) in [6.07, 6.45) is 0. The first-order valence-electron chi connectivity index (χ1n) is 7.62. The largest absolute Gasteiger partial charge is 0.495 e. The molecule has 0 fully saturated rings. The number of anilines is 3. The third kappa shape index (κ3) is 3.47. The molecule has 1 aromatic carbocycles. The number of nitrogens with two attached hydrogens (primary N) is 1. The van der Waals surface area contributed by atoms with Crippen molar-refractivity contribution in [2.75, 3.05) is 36.2 Å². The van der Waals surface area contributed by atoms with Gasteiger partial charge in [0, 0.05) is 0 Å². The highest BCUT2D eigenvalue weighted by Crippen LogP contribution is 2.31. The molecule has 0 bridgehead atoms. The van der Waals surface area contributed by atoms with Gasteiger partial charge in [0.15, 0.2) is 18.2 Å². The number of hydrogen-bond donors (Lipinski definition) is 2. The average molecular weight is 342 g/mol. The lowest BCUT2D eigenvalue weighted by Gasteiger charge is -2.27. The molecule has 0 unspecified atom stereocenters. The van der Waals surface area contributed by atoms with Crippen molar-refractivity contribution in [1.29, 1.82) is 0 Å². The van der Waals surface area contributed by atoms with Gasteiger partial charge in [-0.3, -0.25) is 14.5 Å². The molecular formula is C17H18N4O4. The number of carbonyl (C=O) groups excluding carboxylic acids is 2. The molecule has 0 aliphatic carbocycles. The van der Waals surface area contributed by atoms with Crippen LogP contribution >= 0.6 is 0 Å². The number of amides is 2. The van der Waals surface area contributed by atoms with Gasteiger partial charge in [0.2, 0.25) is 5.91 Å². The number of aryl methyl sites for hydroxylation is 1. The van der Waals surface area contributed by atoms with Crippen molar-refractivity contribution in [1.82, 2.24) is 4.98 Å². The average Bonchev–Trinajstić information content (AvgIpc) is 2.58. The minimum Gasteiger partial charge on any atom is -0.495 e. The number of methoxy groups -OCH3 is 1. The van der Waals surface area contributed by atoms with Crippen LogP contribution in [0.2, 0.25) is 0 Å². The van der Waals surface area contributed by atoms with E-state index in [-0.39, 0.29) is 36.6 Å². The number of carbonyl (C=O) groups is 2. The summed E-state index contributed by atoms with van der Waals surface area (Å²) in [4.78, 5) is 30.0. The smallest absolute Gasteiger partial charge is 0.266 e. The molecule has 0 saturated carbocycles. The predicted octanol–water partition coefficient (Wildman–Crippen LogP) is 1.34. The second-order valence-corrected chi connectivity index (χ2v) is 5.58. The van der Waals surface area contributed by atoms with Crippen molar-refractivity contribution < 1.29 is 19.1 Å². The van der Waals surface area contributed by atoms with E-state index in [9.17, 15) is 9.59 Å². The molecule has 0 radical (unpaired) electrons. The second kappa shape index (κ2) is 6.68. The molecule has 3 N–H and O–H groups in total. The van der Waals surface area contributed by atoms with Crippen LogP contribution in [0.25, 0.3) is 0 Å². The van der Waals surface area contributed by atoms with E-state index in [4.69, 9.17) is 15.2 Å². The van der Waals surface area contributed by atoms with Crippen molar-refractivity contribution in [2.24, 2.45) is 0 Å². The Morgan fingerprint density at radius 2 is 2.20 bits per heavy atom. The molecule has 2 amide bonds. The zero-order chi connectivity index (χ0) is 18.0. The van der Waals surface area contributed by atoms with E-state index in [2.05, 4.69) is 10.3 Å². The number of fused-ring (bicyclic) bond motifs is 1. The fourth-order valence-corrected chi connectivity index (χ4v) is 2.51. The topological polar surface area (TPSA) is 107 Å². The fourth-order valence-electron chi connectivity index (χ4n) is 2.51. The molecular weight excluding hydrogens is 324 g/mol. The van der Waals surface area contributed by atoms with Gasteiger partial charge in [-0.05, 0) is 36.8 Å². The zero-order valence-corrected chi connectivity index (χ0v) is 13.9. The maximum absolute atomic E-state index is 12.4. The molecule has 130 valence electrons. The molecule has 8 nitrogen and oxygen atoms in total. The van der Waals surface area contributed by atoms with Crippen LogP contribution in [0.4, 0.5) is 17.3 Å². The summed E-state index contributed by atoms with van der Waals surface area (Å²) in [5.41, 5.74) is 7.18. The number of nitrogens with one attached hydrogen (secondary N) is 1. The Balaban J connectivity index is 1.81. The van der Waals surface area contributed by atoms with Crippen LogP contribution in [0.1, 0.15) is 5.56 Å². The van der Waals surface area contributed by atoms with Gasteiger partial charge in [-0.25, -0.2) is 4.98 Å². The summed E-state index contributed by atoms with van der Waals surface area (Å²) in [6, 6.07) is 8.64. The summed E-state index contributed by atoms with van der Waals surface area (Å²) in [7, 11) is 1.52. The number of nitrogen functional groups attached to an aromatic ring is 1. The molecule has 1 aliphatic heterocycles. The third-order valence-corrected chi connectivity index (χ3v) is 3.70. The highest BCUT2D eigenvalue weighted by Gasteiger charge is 2.29. The Bertz CT molecular complexity index is 837. The quantitative estimate of drug-likeness (QED) is 0.868. The van der Waals surface area contributed by atoms with Gasteiger partial charge >= 0.3 is 0 Å². The van der Waals surface area contributed by atoms with Crippen molar-refractivity contribution in [2.45, 2.75) is 6.92 Å². The first-order chi connectivity index (χ1) is 12.0. The van der Waals surface area contributed by atoms with Gasteiger partial charge in [-0.2, -0.15) is 0 Å². The predicted molar refractivity (Wildman–Crippen MR) is 92.9 cm³/mol. The van der Waals surface area contributed by atoms with Gasteiger partial charge in [0.1, 0.15) is 18.1 Å². The molecule has 25 heavy (non-hydrogen) atoms. The summed E-state index contributed by atoms with van der Waals surface area (Å²) in [5.74, 6) is 0.682. The highest BCUT2D eigenvalue weighted by atomic mass is 16.5. The van der Waals surface area contributed by atoms with Crippen LogP contribution < -0.4 is 25.4 Å². The van der Waals surface area contributed by atoms with E-state index in [1.165, 1.54) is 12.0 Å². The van der Waals surface area contributed by atoms with Gasteiger partial charge in [-0.1, -0.05) is 6.07 Å². The number of benzene rings is 1. The molecule has 0 saturated heterocycles. The van der Waals surface area contributed by atoms with Gasteiger partial charge in [-0.15, -0.1) is 0 Å². The lowest BCUT2D eigenvalue weighted by atomic mass is 10.2. The Labute approximate surface area is 144 Å². The summed E-state index contributed by atoms with van der Waals surface area (Å²) in [5, 5.41) is 2.76. The lowest BCUT2D eigenvalue weighted by Crippen LogP contribution is -2.44. The van der Waals surface area contributed by atoms with Crippen LogP contribution in [-0.4, -0.2) is 37.1 Å². The normalized spacial score (nSPS) is 13.0. The summed E-state index contributed by atoms with van der Waals surface area (Å²) >= 11 is 0. The van der Waals surface area contributed by atoms with E-state index in [1.807, 2.05) is 13.0 Å².